The Balaban J connectivity index is 2.02. The van der Waals surface area contributed by atoms with Gasteiger partial charge in [0.2, 0.25) is 0 Å². The van der Waals surface area contributed by atoms with E-state index in [1.54, 1.807) is 24.1 Å². The number of methoxy groups -OCH3 is 1. The molecular weight excluding hydrogens is 255 g/mol. The van der Waals surface area contributed by atoms with Crippen LogP contribution < -0.4 is 4.74 Å². The van der Waals surface area contributed by atoms with E-state index in [2.05, 4.69) is 5.10 Å². The maximum absolute atomic E-state index is 13.3. The first-order valence-corrected chi connectivity index (χ1v) is 6.22. The molecule has 0 bridgehead atoms. The van der Waals surface area contributed by atoms with Crippen molar-refractivity contribution in [2.24, 2.45) is 0 Å². The van der Waals surface area contributed by atoms with Crippen LogP contribution in [0.4, 0.5) is 4.39 Å². The predicted octanol–water partition coefficient (Wildman–Crippen LogP) is 3.69. The van der Waals surface area contributed by atoms with Crippen molar-refractivity contribution in [2.75, 3.05) is 7.11 Å². The van der Waals surface area contributed by atoms with Crippen LogP contribution in [-0.2, 0) is 0 Å². The molecule has 3 nitrogen and oxygen atoms in total. The molecule has 0 amide bonds. The van der Waals surface area contributed by atoms with Crippen LogP contribution in [0.3, 0.4) is 0 Å². The molecular formula is C16H13FN2O. The Hall–Kier alpha value is -2.62. The molecule has 3 rings (SSSR count). The van der Waals surface area contributed by atoms with Crippen molar-refractivity contribution >= 4 is 0 Å². The SMILES string of the molecule is COc1ccccc1-n1cc(-c2cccc(F)c2)cn1. The largest absolute Gasteiger partial charge is 0.494 e. The van der Waals surface area contributed by atoms with E-state index in [0.29, 0.717) is 0 Å². The molecule has 0 fully saturated rings. The topological polar surface area (TPSA) is 27.1 Å². The van der Waals surface area contributed by atoms with Crippen molar-refractivity contribution < 1.29 is 9.13 Å². The van der Waals surface area contributed by atoms with Crippen LogP contribution in [0.1, 0.15) is 0 Å². The zero-order valence-electron chi connectivity index (χ0n) is 11.0. The van der Waals surface area contributed by atoms with Crippen LogP contribution in [0.2, 0.25) is 0 Å². The van der Waals surface area contributed by atoms with Crippen LogP contribution >= 0.6 is 0 Å². The smallest absolute Gasteiger partial charge is 0.144 e. The maximum atomic E-state index is 13.3. The summed E-state index contributed by atoms with van der Waals surface area (Å²) in [5.41, 5.74) is 2.50. The van der Waals surface area contributed by atoms with E-state index in [0.717, 1.165) is 22.6 Å². The third-order valence-electron chi connectivity index (χ3n) is 3.07. The van der Waals surface area contributed by atoms with Gasteiger partial charge in [-0.15, -0.1) is 0 Å². The highest BCUT2D eigenvalue weighted by Crippen LogP contribution is 2.25. The second-order valence-electron chi connectivity index (χ2n) is 4.36. The quantitative estimate of drug-likeness (QED) is 0.724. The molecule has 1 aromatic heterocycles. The van der Waals surface area contributed by atoms with Gasteiger partial charge in [0.1, 0.15) is 17.3 Å². The van der Waals surface area contributed by atoms with Gasteiger partial charge in [-0.05, 0) is 29.8 Å². The normalized spacial score (nSPS) is 10.5. The average molecular weight is 268 g/mol. The van der Waals surface area contributed by atoms with Gasteiger partial charge in [0.15, 0.2) is 0 Å². The highest BCUT2D eigenvalue weighted by atomic mass is 19.1. The van der Waals surface area contributed by atoms with Crippen molar-refractivity contribution in [2.45, 2.75) is 0 Å². The van der Waals surface area contributed by atoms with Gasteiger partial charge < -0.3 is 4.74 Å². The predicted molar refractivity (Wildman–Crippen MR) is 75.5 cm³/mol. The van der Waals surface area contributed by atoms with Gasteiger partial charge in [0.05, 0.1) is 13.3 Å². The summed E-state index contributed by atoms with van der Waals surface area (Å²) < 4.78 is 20.3. The van der Waals surface area contributed by atoms with Crippen LogP contribution in [0, 0.1) is 5.82 Å². The molecule has 4 heteroatoms. The Labute approximate surface area is 116 Å². The monoisotopic (exact) mass is 268 g/mol. The summed E-state index contributed by atoms with van der Waals surface area (Å²) >= 11 is 0. The third kappa shape index (κ3) is 2.28. The Kier molecular flexibility index (Phi) is 3.21. The lowest BCUT2D eigenvalue weighted by Gasteiger charge is -2.07. The van der Waals surface area contributed by atoms with Gasteiger partial charge in [-0.3, -0.25) is 0 Å². The van der Waals surface area contributed by atoms with E-state index in [9.17, 15) is 4.39 Å². The first kappa shape index (κ1) is 12.4. The molecule has 1 heterocycles. The maximum Gasteiger partial charge on any atom is 0.144 e. The summed E-state index contributed by atoms with van der Waals surface area (Å²) in [4.78, 5) is 0. The molecule has 0 aliphatic heterocycles. The van der Waals surface area contributed by atoms with Crippen LogP contribution in [-0.4, -0.2) is 16.9 Å². The van der Waals surface area contributed by atoms with Crippen molar-refractivity contribution in [3.8, 4) is 22.6 Å². The number of hydrogen-bond donors (Lipinski definition) is 0. The van der Waals surface area contributed by atoms with E-state index in [1.807, 2.05) is 36.5 Å². The molecule has 3 aromatic rings. The highest BCUT2D eigenvalue weighted by molar-refractivity contribution is 5.62. The van der Waals surface area contributed by atoms with Gasteiger partial charge in [0.25, 0.3) is 0 Å². The van der Waals surface area contributed by atoms with E-state index in [4.69, 9.17) is 4.74 Å². The first-order chi connectivity index (χ1) is 9.78. The van der Waals surface area contributed by atoms with Crippen LogP contribution in [0.15, 0.2) is 60.9 Å². The minimum Gasteiger partial charge on any atom is -0.494 e. The summed E-state index contributed by atoms with van der Waals surface area (Å²) in [5, 5.41) is 4.32. The van der Waals surface area contributed by atoms with E-state index < -0.39 is 0 Å². The third-order valence-corrected chi connectivity index (χ3v) is 3.07. The Morgan fingerprint density at radius 2 is 1.90 bits per heavy atom. The van der Waals surface area contributed by atoms with Crippen LogP contribution in [0.5, 0.6) is 5.75 Å². The van der Waals surface area contributed by atoms with Gasteiger partial charge in [-0.1, -0.05) is 24.3 Å². The zero-order valence-corrected chi connectivity index (χ0v) is 11.0. The lowest BCUT2D eigenvalue weighted by Crippen LogP contribution is -1.97. The molecule has 0 unspecified atom stereocenters. The molecule has 0 saturated heterocycles. The summed E-state index contributed by atoms with van der Waals surface area (Å²) in [6.07, 6.45) is 3.56. The molecule has 100 valence electrons. The fraction of sp³-hybridized carbons (Fsp3) is 0.0625. The van der Waals surface area contributed by atoms with Crippen molar-refractivity contribution in [3.63, 3.8) is 0 Å². The van der Waals surface area contributed by atoms with Gasteiger partial charge in [-0.25, -0.2) is 9.07 Å². The van der Waals surface area contributed by atoms with Gasteiger partial charge in [-0.2, -0.15) is 5.10 Å². The number of benzene rings is 2. The molecule has 0 aliphatic carbocycles. The van der Waals surface area contributed by atoms with Gasteiger partial charge in [0, 0.05) is 11.8 Å². The minimum absolute atomic E-state index is 0.257. The van der Waals surface area contributed by atoms with Gasteiger partial charge >= 0.3 is 0 Å². The number of hydrogen-bond acceptors (Lipinski definition) is 2. The minimum atomic E-state index is -0.257. The molecule has 0 radical (unpaired) electrons. The second kappa shape index (κ2) is 5.17. The summed E-state index contributed by atoms with van der Waals surface area (Å²) in [6.45, 7) is 0. The molecule has 0 N–H and O–H groups in total. The first-order valence-electron chi connectivity index (χ1n) is 6.22. The van der Waals surface area contributed by atoms with E-state index >= 15 is 0 Å². The number of nitrogens with zero attached hydrogens (tertiary/aromatic N) is 2. The lowest BCUT2D eigenvalue weighted by molar-refractivity contribution is 0.411. The molecule has 0 atom stereocenters. The number of ether oxygens (including phenoxy) is 1. The fourth-order valence-electron chi connectivity index (χ4n) is 2.09. The number of aromatic nitrogens is 2. The number of rotatable bonds is 3. The Morgan fingerprint density at radius 3 is 2.70 bits per heavy atom. The molecule has 0 saturated carbocycles. The molecule has 2 aromatic carbocycles. The summed E-state index contributed by atoms with van der Waals surface area (Å²) in [5.74, 6) is 0.480. The lowest BCUT2D eigenvalue weighted by atomic mass is 10.1. The van der Waals surface area contributed by atoms with Crippen molar-refractivity contribution in [1.29, 1.82) is 0 Å². The van der Waals surface area contributed by atoms with E-state index in [-0.39, 0.29) is 5.82 Å². The standard InChI is InChI=1S/C16H13FN2O/c1-20-16-8-3-2-7-15(16)19-11-13(10-18-19)12-5-4-6-14(17)9-12/h2-11H,1H3. The van der Waals surface area contributed by atoms with Crippen molar-refractivity contribution in [3.05, 3.63) is 66.7 Å². The van der Waals surface area contributed by atoms with Crippen LogP contribution in [0.25, 0.3) is 16.8 Å². The molecule has 0 aliphatic rings. The molecule has 20 heavy (non-hydrogen) atoms. The summed E-state index contributed by atoms with van der Waals surface area (Å²) in [7, 11) is 1.62. The molecule has 0 spiro atoms. The summed E-state index contributed by atoms with van der Waals surface area (Å²) in [6, 6.07) is 14.1. The highest BCUT2D eigenvalue weighted by Gasteiger charge is 2.07. The Bertz CT molecular complexity index is 737. The Morgan fingerprint density at radius 1 is 1.05 bits per heavy atom. The van der Waals surface area contributed by atoms with E-state index in [1.165, 1.54) is 12.1 Å². The number of halogens is 1. The zero-order chi connectivity index (χ0) is 13.9. The average Bonchev–Trinajstić information content (AvgIpc) is 2.97. The second-order valence-corrected chi connectivity index (χ2v) is 4.36. The number of para-hydroxylation sites is 2. The fourth-order valence-corrected chi connectivity index (χ4v) is 2.09. The van der Waals surface area contributed by atoms with Crippen molar-refractivity contribution in [1.82, 2.24) is 9.78 Å².